The van der Waals surface area contributed by atoms with Crippen LogP contribution in [0.4, 0.5) is 5.69 Å². The zero-order valence-electron chi connectivity index (χ0n) is 13.0. The fourth-order valence-electron chi connectivity index (χ4n) is 2.27. The van der Waals surface area contributed by atoms with E-state index in [0.29, 0.717) is 23.8 Å². The van der Waals surface area contributed by atoms with Crippen molar-refractivity contribution in [1.29, 1.82) is 0 Å². The van der Waals surface area contributed by atoms with E-state index in [-0.39, 0.29) is 17.9 Å². The van der Waals surface area contributed by atoms with Gasteiger partial charge in [-0.05, 0) is 19.8 Å². The molecule has 1 atom stereocenters. The van der Waals surface area contributed by atoms with E-state index in [4.69, 9.17) is 4.74 Å². The fraction of sp³-hybridized carbons (Fsp3) is 0.667. The van der Waals surface area contributed by atoms with Gasteiger partial charge in [-0.3, -0.25) is 4.79 Å². The van der Waals surface area contributed by atoms with Crippen LogP contribution in [0.1, 0.15) is 55.8 Å². The van der Waals surface area contributed by atoms with Gasteiger partial charge in [0.2, 0.25) is 0 Å². The topological polar surface area (TPSA) is 76.1 Å². The Morgan fingerprint density at radius 2 is 2.33 bits per heavy atom. The molecule has 2 rings (SSSR count). The predicted octanol–water partition coefficient (Wildman–Crippen LogP) is 1.94. The second-order valence-electron chi connectivity index (χ2n) is 5.56. The van der Waals surface area contributed by atoms with Crippen molar-refractivity contribution in [3.63, 3.8) is 0 Å². The lowest BCUT2D eigenvalue weighted by Gasteiger charge is -2.23. The number of nitrogens with zero attached hydrogens (tertiary/aromatic N) is 2. The molecule has 1 aromatic heterocycles. The molecule has 2 N–H and O–H groups in total. The summed E-state index contributed by atoms with van der Waals surface area (Å²) >= 11 is 0. The van der Waals surface area contributed by atoms with E-state index in [0.717, 1.165) is 26.0 Å². The molecule has 1 aliphatic heterocycles. The number of amides is 1. The van der Waals surface area contributed by atoms with Crippen molar-refractivity contribution < 1.29 is 9.53 Å². The second-order valence-corrected chi connectivity index (χ2v) is 5.56. The lowest BCUT2D eigenvalue weighted by Crippen LogP contribution is -2.41. The Balaban J connectivity index is 2.17. The molecule has 6 heteroatoms. The Morgan fingerprint density at radius 3 is 2.95 bits per heavy atom. The molecule has 0 saturated carbocycles. The lowest BCUT2D eigenvalue weighted by atomic mass is 10.1. The molecule has 0 radical (unpaired) electrons. The van der Waals surface area contributed by atoms with E-state index in [2.05, 4.69) is 20.6 Å². The fourth-order valence-corrected chi connectivity index (χ4v) is 2.27. The minimum Gasteiger partial charge on any atom is -0.382 e. The molecule has 21 heavy (non-hydrogen) atoms. The zero-order valence-corrected chi connectivity index (χ0v) is 13.0. The molecule has 1 saturated heterocycles. The van der Waals surface area contributed by atoms with Gasteiger partial charge < -0.3 is 15.4 Å². The maximum absolute atomic E-state index is 12.5. The molecule has 6 nitrogen and oxygen atoms in total. The van der Waals surface area contributed by atoms with Crippen molar-refractivity contribution in [2.75, 3.05) is 25.1 Å². The van der Waals surface area contributed by atoms with Gasteiger partial charge in [-0.2, -0.15) is 0 Å². The number of nitrogens with one attached hydrogen (secondary N) is 2. The summed E-state index contributed by atoms with van der Waals surface area (Å²) in [6.07, 6.45) is 3.62. The molecular weight excluding hydrogens is 268 g/mol. The molecule has 0 aliphatic carbocycles. The van der Waals surface area contributed by atoms with Crippen molar-refractivity contribution in [2.24, 2.45) is 0 Å². The monoisotopic (exact) mass is 292 g/mol. The van der Waals surface area contributed by atoms with Crippen molar-refractivity contribution in [2.45, 2.75) is 45.6 Å². The minimum atomic E-state index is -0.161. The summed E-state index contributed by atoms with van der Waals surface area (Å²) in [5, 5.41) is 6.15. The van der Waals surface area contributed by atoms with E-state index in [1.165, 1.54) is 0 Å². The Bertz CT molecular complexity index is 485. The zero-order chi connectivity index (χ0) is 15.2. The summed E-state index contributed by atoms with van der Waals surface area (Å²) in [7, 11) is 0. The van der Waals surface area contributed by atoms with Crippen LogP contribution in [0.5, 0.6) is 0 Å². The van der Waals surface area contributed by atoms with Gasteiger partial charge in [0.15, 0.2) is 5.69 Å². The van der Waals surface area contributed by atoms with Crippen LogP contribution >= 0.6 is 0 Å². The molecule has 0 bridgehead atoms. The van der Waals surface area contributed by atoms with Gasteiger partial charge >= 0.3 is 0 Å². The Kier molecular flexibility index (Phi) is 5.50. The minimum absolute atomic E-state index is 0.0678. The summed E-state index contributed by atoms with van der Waals surface area (Å²) in [5.74, 6) is 0.706. The molecule has 0 aromatic carbocycles. The van der Waals surface area contributed by atoms with E-state index >= 15 is 0 Å². The summed E-state index contributed by atoms with van der Waals surface area (Å²) in [6, 6.07) is 0.0678. The highest BCUT2D eigenvalue weighted by atomic mass is 16.5. The Labute approximate surface area is 125 Å². The number of aromatic nitrogens is 2. The van der Waals surface area contributed by atoms with Crippen LogP contribution in [0, 0.1) is 0 Å². The average Bonchev–Trinajstić information content (AvgIpc) is 2.48. The molecular formula is C15H24N4O2. The molecule has 1 aromatic rings. The number of ether oxygens (including phenoxy) is 1. The van der Waals surface area contributed by atoms with Crippen molar-refractivity contribution >= 4 is 11.6 Å². The average molecular weight is 292 g/mol. The summed E-state index contributed by atoms with van der Waals surface area (Å²) in [6.45, 7) is 8.08. The van der Waals surface area contributed by atoms with Gasteiger partial charge in [0.1, 0.15) is 5.82 Å². The van der Waals surface area contributed by atoms with Crippen LogP contribution in [0.2, 0.25) is 0 Å². The largest absolute Gasteiger partial charge is 0.382 e. The molecule has 1 fully saturated rings. The number of carbonyl (C=O) groups is 1. The highest BCUT2D eigenvalue weighted by Gasteiger charge is 2.21. The van der Waals surface area contributed by atoms with Crippen molar-refractivity contribution in [3.8, 4) is 0 Å². The second kappa shape index (κ2) is 7.36. The molecule has 1 amide bonds. The first-order valence-corrected chi connectivity index (χ1v) is 7.61. The molecule has 1 aliphatic rings. The number of anilines is 1. The standard InChI is InChI=1S/C15H24N4O2/c1-4-16-12-8-17-14(10(2)3)19-13(12)15(20)18-11-6-5-7-21-9-11/h8,10-11,16H,4-7,9H2,1-3H3,(H,18,20). The number of hydrogen-bond acceptors (Lipinski definition) is 5. The van der Waals surface area contributed by atoms with E-state index < -0.39 is 0 Å². The summed E-state index contributed by atoms with van der Waals surface area (Å²) < 4.78 is 5.40. The van der Waals surface area contributed by atoms with E-state index in [1.54, 1.807) is 6.20 Å². The predicted molar refractivity (Wildman–Crippen MR) is 81.6 cm³/mol. The van der Waals surface area contributed by atoms with Gasteiger partial charge in [-0.15, -0.1) is 0 Å². The third-order valence-corrected chi connectivity index (χ3v) is 3.40. The number of rotatable bonds is 5. The molecule has 116 valence electrons. The highest BCUT2D eigenvalue weighted by molar-refractivity contribution is 5.97. The van der Waals surface area contributed by atoms with Crippen molar-refractivity contribution in [1.82, 2.24) is 15.3 Å². The first-order valence-electron chi connectivity index (χ1n) is 7.61. The van der Waals surface area contributed by atoms with Crippen LogP contribution in [0.15, 0.2) is 6.20 Å². The van der Waals surface area contributed by atoms with Gasteiger partial charge in [0.05, 0.1) is 24.5 Å². The quantitative estimate of drug-likeness (QED) is 0.867. The van der Waals surface area contributed by atoms with Gasteiger partial charge in [0.25, 0.3) is 5.91 Å². The van der Waals surface area contributed by atoms with Crippen LogP contribution < -0.4 is 10.6 Å². The van der Waals surface area contributed by atoms with Gasteiger partial charge in [-0.25, -0.2) is 9.97 Å². The SMILES string of the molecule is CCNc1cnc(C(C)C)nc1C(=O)NC1CCCOC1. The van der Waals surface area contributed by atoms with Crippen LogP contribution in [-0.4, -0.2) is 41.7 Å². The van der Waals surface area contributed by atoms with Gasteiger partial charge in [0, 0.05) is 19.1 Å². The summed E-state index contributed by atoms with van der Waals surface area (Å²) in [4.78, 5) is 21.2. The summed E-state index contributed by atoms with van der Waals surface area (Å²) in [5.41, 5.74) is 1.09. The smallest absolute Gasteiger partial charge is 0.272 e. The van der Waals surface area contributed by atoms with Crippen LogP contribution in [0.3, 0.4) is 0 Å². The van der Waals surface area contributed by atoms with E-state index in [1.807, 2.05) is 20.8 Å². The lowest BCUT2D eigenvalue weighted by molar-refractivity contribution is 0.0622. The van der Waals surface area contributed by atoms with Crippen molar-refractivity contribution in [3.05, 3.63) is 17.7 Å². The van der Waals surface area contributed by atoms with Crippen LogP contribution in [0.25, 0.3) is 0 Å². The van der Waals surface area contributed by atoms with E-state index in [9.17, 15) is 4.79 Å². The maximum Gasteiger partial charge on any atom is 0.272 e. The maximum atomic E-state index is 12.5. The number of carbonyl (C=O) groups excluding carboxylic acids is 1. The molecule has 0 spiro atoms. The Morgan fingerprint density at radius 1 is 1.52 bits per heavy atom. The first-order chi connectivity index (χ1) is 10.1. The molecule has 1 unspecified atom stereocenters. The van der Waals surface area contributed by atoms with Gasteiger partial charge in [-0.1, -0.05) is 13.8 Å². The molecule has 2 heterocycles. The van der Waals surface area contributed by atoms with Crippen LogP contribution in [-0.2, 0) is 4.74 Å². The normalized spacial score (nSPS) is 18.6. The number of hydrogen-bond donors (Lipinski definition) is 2. The highest BCUT2D eigenvalue weighted by Crippen LogP contribution is 2.17. The Hall–Kier alpha value is -1.69. The first kappa shape index (κ1) is 15.7. The third kappa shape index (κ3) is 4.14. The third-order valence-electron chi connectivity index (χ3n) is 3.40.